The van der Waals surface area contributed by atoms with Crippen LogP contribution in [0.25, 0.3) is 5.69 Å². The van der Waals surface area contributed by atoms with E-state index in [1.165, 1.54) is 22.9 Å². The summed E-state index contributed by atoms with van der Waals surface area (Å²) in [5, 5.41) is 0.514. The molecule has 0 saturated heterocycles. The van der Waals surface area contributed by atoms with Crippen molar-refractivity contribution in [3.8, 4) is 5.69 Å². The SMILES string of the molecule is CCOC(=O)C(C)Sc1nccn1-c1cccc(C)c1C. The first-order valence-electron chi connectivity index (χ1n) is 6.97. The molecule has 0 aliphatic rings. The number of ether oxygens (including phenoxy) is 1. The first-order valence-corrected chi connectivity index (χ1v) is 7.85. The molecule has 1 unspecified atom stereocenters. The molecule has 2 rings (SSSR count). The number of esters is 1. The average molecular weight is 304 g/mol. The highest BCUT2D eigenvalue weighted by atomic mass is 32.2. The molecule has 1 aromatic heterocycles. The molecular weight excluding hydrogens is 284 g/mol. The Labute approximate surface area is 129 Å². The normalized spacial score (nSPS) is 12.2. The summed E-state index contributed by atoms with van der Waals surface area (Å²) in [5.74, 6) is -0.210. The Hall–Kier alpha value is -1.75. The van der Waals surface area contributed by atoms with Crippen LogP contribution < -0.4 is 0 Å². The lowest BCUT2D eigenvalue weighted by molar-refractivity contribution is -0.142. The lowest BCUT2D eigenvalue weighted by atomic mass is 10.1. The number of nitrogens with zero attached hydrogens (tertiary/aromatic N) is 2. The van der Waals surface area contributed by atoms with Gasteiger partial charge in [-0.3, -0.25) is 9.36 Å². The van der Waals surface area contributed by atoms with Gasteiger partial charge >= 0.3 is 5.97 Å². The third-order valence-corrected chi connectivity index (χ3v) is 4.40. The van der Waals surface area contributed by atoms with Crippen molar-refractivity contribution in [2.75, 3.05) is 6.61 Å². The Kier molecular flexibility index (Phi) is 5.07. The van der Waals surface area contributed by atoms with Crippen molar-refractivity contribution in [2.45, 2.75) is 38.1 Å². The van der Waals surface area contributed by atoms with E-state index in [0.29, 0.717) is 6.61 Å². The summed E-state index contributed by atoms with van der Waals surface area (Å²) >= 11 is 1.41. The number of benzene rings is 1. The number of carbonyl (C=O) groups excluding carboxylic acids is 1. The van der Waals surface area contributed by atoms with Crippen molar-refractivity contribution in [3.63, 3.8) is 0 Å². The second kappa shape index (κ2) is 6.80. The van der Waals surface area contributed by atoms with E-state index in [0.717, 1.165) is 10.8 Å². The van der Waals surface area contributed by atoms with E-state index in [-0.39, 0.29) is 11.2 Å². The van der Waals surface area contributed by atoms with Gasteiger partial charge in [-0.15, -0.1) is 0 Å². The Bertz CT molecular complexity index is 637. The van der Waals surface area contributed by atoms with Gasteiger partial charge in [0.15, 0.2) is 5.16 Å². The summed E-state index contributed by atoms with van der Waals surface area (Å²) in [4.78, 5) is 16.1. The molecule has 5 heteroatoms. The van der Waals surface area contributed by atoms with Crippen molar-refractivity contribution < 1.29 is 9.53 Å². The van der Waals surface area contributed by atoms with Gasteiger partial charge in [0.2, 0.25) is 0 Å². The third kappa shape index (κ3) is 3.47. The Morgan fingerprint density at radius 1 is 1.43 bits per heavy atom. The van der Waals surface area contributed by atoms with Crippen molar-refractivity contribution in [1.82, 2.24) is 9.55 Å². The van der Waals surface area contributed by atoms with Crippen LogP contribution in [0.2, 0.25) is 0 Å². The van der Waals surface area contributed by atoms with Gasteiger partial charge in [-0.1, -0.05) is 23.9 Å². The van der Waals surface area contributed by atoms with Crippen molar-refractivity contribution in [3.05, 3.63) is 41.7 Å². The summed E-state index contributed by atoms with van der Waals surface area (Å²) in [6, 6.07) is 6.17. The smallest absolute Gasteiger partial charge is 0.319 e. The molecule has 0 radical (unpaired) electrons. The van der Waals surface area contributed by atoms with Crippen LogP contribution in [0.1, 0.15) is 25.0 Å². The summed E-state index contributed by atoms with van der Waals surface area (Å²) in [6.45, 7) is 8.23. The number of aryl methyl sites for hydroxylation is 1. The van der Waals surface area contributed by atoms with Gasteiger partial charge in [-0.25, -0.2) is 4.98 Å². The number of hydrogen-bond acceptors (Lipinski definition) is 4. The zero-order valence-corrected chi connectivity index (χ0v) is 13.6. The zero-order valence-electron chi connectivity index (χ0n) is 12.8. The average Bonchev–Trinajstić information content (AvgIpc) is 2.90. The fraction of sp³-hybridized carbons (Fsp3) is 0.375. The molecule has 0 spiro atoms. The van der Waals surface area contributed by atoms with Crippen LogP contribution in [0.5, 0.6) is 0 Å². The summed E-state index contributed by atoms with van der Waals surface area (Å²) < 4.78 is 7.06. The summed E-state index contributed by atoms with van der Waals surface area (Å²) in [7, 11) is 0. The van der Waals surface area contributed by atoms with E-state index in [2.05, 4.69) is 31.0 Å². The number of imidazole rings is 1. The Morgan fingerprint density at radius 2 is 2.19 bits per heavy atom. The Morgan fingerprint density at radius 3 is 2.90 bits per heavy atom. The highest BCUT2D eigenvalue weighted by Crippen LogP contribution is 2.27. The van der Waals surface area contributed by atoms with E-state index in [1.807, 2.05) is 30.7 Å². The maximum atomic E-state index is 11.8. The number of rotatable bonds is 5. The fourth-order valence-electron chi connectivity index (χ4n) is 2.02. The fourth-order valence-corrected chi connectivity index (χ4v) is 2.90. The Balaban J connectivity index is 2.27. The molecule has 112 valence electrons. The van der Waals surface area contributed by atoms with E-state index in [9.17, 15) is 4.79 Å². The van der Waals surface area contributed by atoms with E-state index in [4.69, 9.17) is 4.74 Å². The number of carbonyl (C=O) groups is 1. The molecule has 21 heavy (non-hydrogen) atoms. The van der Waals surface area contributed by atoms with Crippen LogP contribution in [0.4, 0.5) is 0 Å². The number of hydrogen-bond donors (Lipinski definition) is 0. The maximum absolute atomic E-state index is 11.8. The predicted octanol–water partition coefficient (Wildman–Crippen LogP) is 3.53. The largest absolute Gasteiger partial charge is 0.465 e. The molecule has 0 saturated carbocycles. The zero-order chi connectivity index (χ0) is 15.4. The minimum absolute atomic E-state index is 0.210. The van der Waals surface area contributed by atoms with Gasteiger partial charge in [-0.05, 0) is 44.9 Å². The highest BCUT2D eigenvalue weighted by molar-refractivity contribution is 8.00. The molecule has 0 bridgehead atoms. The van der Waals surface area contributed by atoms with Crippen LogP contribution in [0.15, 0.2) is 35.7 Å². The molecular formula is C16H20N2O2S. The van der Waals surface area contributed by atoms with Crippen LogP contribution in [0.3, 0.4) is 0 Å². The van der Waals surface area contributed by atoms with Gasteiger partial charge in [-0.2, -0.15) is 0 Å². The molecule has 2 aromatic rings. The molecule has 4 nitrogen and oxygen atoms in total. The minimum atomic E-state index is -0.281. The second-order valence-corrected chi connectivity index (χ2v) is 6.12. The summed E-state index contributed by atoms with van der Waals surface area (Å²) in [5.41, 5.74) is 3.53. The van der Waals surface area contributed by atoms with Crippen LogP contribution >= 0.6 is 11.8 Å². The van der Waals surface area contributed by atoms with Crippen LogP contribution in [-0.4, -0.2) is 27.4 Å². The predicted molar refractivity (Wildman–Crippen MR) is 85.0 cm³/mol. The van der Waals surface area contributed by atoms with E-state index >= 15 is 0 Å². The first kappa shape index (κ1) is 15.6. The van der Waals surface area contributed by atoms with Crippen LogP contribution in [-0.2, 0) is 9.53 Å². The maximum Gasteiger partial charge on any atom is 0.319 e. The van der Waals surface area contributed by atoms with Gasteiger partial charge in [0.1, 0.15) is 5.25 Å². The molecule has 0 fully saturated rings. The second-order valence-electron chi connectivity index (χ2n) is 4.81. The standard InChI is InChI=1S/C16H20N2O2S/c1-5-20-15(19)13(4)21-16-17-9-10-18(16)14-8-6-7-11(2)12(14)3/h6-10,13H,5H2,1-4H3. The third-order valence-electron chi connectivity index (χ3n) is 3.34. The highest BCUT2D eigenvalue weighted by Gasteiger charge is 2.19. The summed E-state index contributed by atoms with van der Waals surface area (Å²) in [6.07, 6.45) is 3.67. The van der Waals surface area contributed by atoms with E-state index in [1.54, 1.807) is 6.20 Å². The van der Waals surface area contributed by atoms with Gasteiger partial charge < -0.3 is 4.74 Å². The van der Waals surface area contributed by atoms with Gasteiger partial charge in [0.25, 0.3) is 0 Å². The number of thioether (sulfide) groups is 1. The van der Waals surface area contributed by atoms with Gasteiger partial charge in [0, 0.05) is 12.4 Å². The topological polar surface area (TPSA) is 44.1 Å². The minimum Gasteiger partial charge on any atom is -0.465 e. The molecule has 1 aromatic carbocycles. The van der Waals surface area contributed by atoms with Crippen molar-refractivity contribution >= 4 is 17.7 Å². The molecule has 0 N–H and O–H groups in total. The van der Waals surface area contributed by atoms with E-state index < -0.39 is 0 Å². The molecule has 0 aliphatic carbocycles. The quantitative estimate of drug-likeness (QED) is 0.626. The molecule has 1 heterocycles. The van der Waals surface area contributed by atoms with Crippen molar-refractivity contribution in [2.24, 2.45) is 0 Å². The first-order chi connectivity index (χ1) is 10.0. The molecule has 0 amide bonds. The van der Waals surface area contributed by atoms with Gasteiger partial charge in [0.05, 0.1) is 12.3 Å². The lowest BCUT2D eigenvalue weighted by Crippen LogP contribution is -2.17. The van der Waals surface area contributed by atoms with Crippen molar-refractivity contribution in [1.29, 1.82) is 0 Å². The molecule has 0 aliphatic heterocycles. The number of aromatic nitrogens is 2. The monoisotopic (exact) mass is 304 g/mol. The molecule has 1 atom stereocenters. The van der Waals surface area contributed by atoms with Crippen LogP contribution in [0, 0.1) is 13.8 Å². The lowest BCUT2D eigenvalue weighted by Gasteiger charge is -2.14.